The molecular formula is C9H12N4O. The largest absolute Gasteiger partial charge is 0.369 e. The molecule has 1 unspecified atom stereocenters. The summed E-state index contributed by atoms with van der Waals surface area (Å²) < 4.78 is 1.86. The van der Waals surface area contributed by atoms with Gasteiger partial charge in [-0.15, -0.1) is 10.2 Å². The maximum absolute atomic E-state index is 9.78. The summed E-state index contributed by atoms with van der Waals surface area (Å²) in [4.78, 5) is 0. The monoisotopic (exact) mass is 192 g/mol. The van der Waals surface area contributed by atoms with Gasteiger partial charge in [0.05, 0.1) is 0 Å². The molecule has 0 aliphatic heterocycles. The highest BCUT2D eigenvalue weighted by atomic mass is 16.3. The number of aliphatic hydroxyl groups is 1. The molecule has 0 spiro atoms. The highest BCUT2D eigenvalue weighted by molar-refractivity contribution is 5.16. The second-order valence-electron chi connectivity index (χ2n) is 3.86. The molecule has 1 aliphatic carbocycles. The van der Waals surface area contributed by atoms with E-state index in [0.29, 0.717) is 11.9 Å². The Kier molecular flexibility index (Phi) is 1.82. The third kappa shape index (κ3) is 1.28. The number of hydrogen-bond donors (Lipinski definition) is 1. The van der Waals surface area contributed by atoms with Crippen LogP contribution in [0.3, 0.4) is 0 Å². The predicted molar refractivity (Wildman–Crippen MR) is 48.2 cm³/mol. The van der Waals surface area contributed by atoms with Crippen molar-refractivity contribution < 1.29 is 5.11 Å². The first-order valence-electron chi connectivity index (χ1n) is 4.62. The summed E-state index contributed by atoms with van der Waals surface area (Å²) >= 11 is 0. The average molecular weight is 192 g/mol. The first kappa shape index (κ1) is 9.16. The Morgan fingerprint density at radius 2 is 2.21 bits per heavy atom. The minimum atomic E-state index is -1.54. The van der Waals surface area contributed by atoms with Gasteiger partial charge in [-0.1, -0.05) is 0 Å². The Hall–Kier alpha value is -1.41. The van der Waals surface area contributed by atoms with Crippen LogP contribution in [0, 0.1) is 18.3 Å². The molecule has 0 bridgehead atoms. The molecule has 1 fully saturated rings. The van der Waals surface area contributed by atoms with Crippen LogP contribution in [0.25, 0.3) is 0 Å². The molecule has 0 aromatic carbocycles. The van der Waals surface area contributed by atoms with E-state index in [1.54, 1.807) is 0 Å². The molecule has 1 N–H and O–H groups in total. The number of nitrogens with zero attached hydrogens (tertiary/aromatic N) is 4. The predicted octanol–water partition coefficient (Wildman–Crippen LogP) is 0.652. The molecule has 5 heteroatoms. The van der Waals surface area contributed by atoms with E-state index in [0.717, 1.165) is 18.7 Å². The summed E-state index contributed by atoms with van der Waals surface area (Å²) in [7, 11) is 0. The zero-order valence-electron chi connectivity index (χ0n) is 8.23. The standard InChI is InChI=1S/C9H12N4O/c1-6-11-12-8(9(2,14)5-10)13(6)7-3-4-7/h7,14H,3-4H2,1-2H3. The van der Waals surface area contributed by atoms with Gasteiger partial charge in [0.15, 0.2) is 5.82 Å². The fraction of sp³-hybridized carbons (Fsp3) is 0.667. The van der Waals surface area contributed by atoms with Crippen LogP contribution < -0.4 is 0 Å². The van der Waals surface area contributed by atoms with Gasteiger partial charge >= 0.3 is 0 Å². The van der Waals surface area contributed by atoms with Crippen molar-refractivity contribution in [3.8, 4) is 6.07 Å². The molecule has 1 saturated carbocycles. The zero-order valence-corrected chi connectivity index (χ0v) is 8.23. The van der Waals surface area contributed by atoms with Crippen LogP contribution in [0.15, 0.2) is 0 Å². The molecule has 2 rings (SSSR count). The Morgan fingerprint density at radius 1 is 1.57 bits per heavy atom. The molecule has 74 valence electrons. The van der Waals surface area contributed by atoms with Gasteiger partial charge in [0.25, 0.3) is 0 Å². The molecule has 0 saturated heterocycles. The van der Waals surface area contributed by atoms with E-state index in [2.05, 4.69) is 10.2 Å². The Morgan fingerprint density at radius 3 is 2.71 bits per heavy atom. The van der Waals surface area contributed by atoms with Crippen LogP contribution in [0.1, 0.15) is 37.5 Å². The molecule has 0 radical (unpaired) electrons. The lowest BCUT2D eigenvalue weighted by Crippen LogP contribution is -2.24. The van der Waals surface area contributed by atoms with Gasteiger partial charge in [-0.2, -0.15) is 5.26 Å². The Bertz CT molecular complexity index is 397. The minimum absolute atomic E-state index is 0.361. The average Bonchev–Trinajstić information content (AvgIpc) is 2.90. The van der Waals surface area contributed by atoms with Crippen molar-refractivity contribution in [2.24, 2.45) is 0 Å². The molecule has 5 nitrogen and oxygen atoms in total. The smallest absolute Gasteiger partial charge is 0.208 e. The summed E-state index contributed by atoms with van der Waals surface area (Å²) in [6.07, 6.45) is 2.15. The van der Waals surface area contributed by atoms with E-state index in [9.17, 15) is 5.11 Å². The molecular weight excluding hydrogens is 180 g/mol. The molecule has 1 heterocycles. The number of nitriles is 1. The zero-order chi connectivity index (χ0) is 10.3. The summed E-state index contributed by atoms with van der Waals surface area (Å²) in [5.41, 5.74) is -1.54. The fourth-order valence-corrected chi connectivity index (χ4v) is 1.52. The number of rotatable bonds is 2. The van der Waals surface area contributed by atoms with Crippen molar-refractivity contribution >= 4 is 0 Å². The Labute approximate surface area is 82.0 Å². The van der Waals surface area contributed by atoms with Crippen molar-refractivity contribution in [1.29, 1.82) is 5.26 Å². The van der Waals surface area contributed by atoms with E-state index >= 15 is 0 Å². The van der Waals surface area contributed by atoms with Gasteiger partial charge in [0.2, 0.25) is 5.60 Å². The van der Waals surface area contributed by atoms with Crippen LogP contribution in [-0.2, 0) is 5.60 Å². The fourth-order valence-electron chi connectivity index (χ4n) is 1.52. The summed E-state index contributed by atoms with van der Waals surface area (Å²) in [5.74, 6) is 1.12. The first-order valence-corrected chi connectivity index (χ1v) is 4.62. The van der Waals surface area contributed by atoms with Crippen LogP contribution >= 0.6 is 0 Å². The Balaban J connectivity index is 2.48. The third-order valence-corrected chi connectivity index (χ3v) is 2.43. The van der Waals surface area contributed by atoms with Crippen LogP contribution in [0.2, 0.25) is 0 Å². The van der Waals surface area contributed by atoms with Crippen LogP contribution in [-0.4, -0.2) is 19.9 Å². The summed E-state index contributed by atoms with van der Waals surface area (Å²) in [6.45, 7) is 3.28. The maximum atomic E-state index is 9.78. The highest BCUT2D eigenvalue weighted by Crippen LogP contribution is 2.38. The normalized spacial score (nSPS) is 20.1. The molecule has 14 heavy (non-hydrogen) atoms. The molecule has 1 aromatic rings. The number of aromatic nitrogens is 3. The first-order chi connectivity index (χ1) is 6.56. The van der Waals surface area contributed by atoms with Gasteiger partial charge in [-0.3, -0.25) is 0 Å². The second-order valence-corrected chi connectivity index (χ2v) is 3.86. The second kappa shape index (κ2) is 2.79. The van der Waals surface area contributed by atoms with Gasteiger partial charge in [0, 0.05) is 6.04 Å². The minimum Gasteiger partial charge on any atom is -0.369 e. The van der Waals surface area contributed by atoms with Gasteiger partial charge < -0.3 is 9.67 Å². The van der Waals surface area contributed by atoms with Gasteiger partial charge in [-0.05, 0) is 26.7 Å². The van der Waals surface area contributed by atoms with Crippen LogP contribution in [0.5, 0.6) is 0 Å². The van der Waals surface area contributed by atoms with Crippen molar-refractivity contribution in [1.82, 2.24) is 14.8 Å². The van der Waals surface area contributed by atoms with E-state index in [4.69, 9.17) is 5.26 Å². The van der Waals surface area contributed by atoms with Gasteiger partial charge in [-0.25, -0.2) is 0 Å². The topological polar surface area (TPSA) is 74.7 Å². The molecule has 0 amide bonds. The lowest BCUT2D eigenvalue weighted by Gasteiger charge is -2.15. The van der Waals surface area contributed by atoms with Gasteiger partial charge in [0.1, 0.15) is 11.9 Å². The van der Waals surface area contributed by atoms with E-state index in [1.165, 1.54) is 6.92 Å². The quantitative estimate of drug-likeness (QED) is 0.698. The molecule has 1 aromatic heterocycles. The van der Waals surface area contributed by atoms with E-state index in [1.807, 2.05) is 17.6 Å². The van der Waals surface area contributed by atoms with E-state index < -0.39 is 5.60 Å². The number of aryl methyl sites for hydroxylation is 1. The third-order valence-electron chi connectivity index (χ3n) is 2.43. The molecule has 1 aliphatic rings. The highest BCUT2D eigenvalue weighted by Gasteiger charge is 2.36. The van der Waals surface area contributed by atoms with Crippen molar-refractivity contribution in [2.75, 3.05) is 0 Å². The summed E-state index contributed by atoms with van der Waals surface area (Å²) in [6, 6.07) is 2.20. The SMILES string of the molecule is Cc1nnc(C(C)(O)C#N)n1C1CC1. The maximum Gasteiger partial charge on any atom is 0.208 e. The lowest BCUT2D eigenvalue weighted by molar-refractivity contribution is 0.104. The number of hydrogen-bond acceptors (Lipinski definition) is 4. The van der Waals surface area contributed by atoms with Crippen LogP contribution in [0.4, 0.5) is 0 Å². The van der Waals surface area contributed by atoms with Crippen molar-refractivity contribution in [2.45, 2.75) is 38.3 Å². The van der Waals surface area contributed by atoms with E-state index in [-0.39, 0.29) is 0 Å². The summed E-state index contributed by atoms with van der Waals surface area (Å²) in [5, 5.41) is 26.3. The lowest BCUT2D eigenvalue weighted by atomic mass is 10.1. The van der Waals surface area contributed by atoms with Crippen molar-refractivity contribution in [3.63, 3.8) is 0 Å². The van der Waals surface area contributed by atoms with Crippen molar-refractivity contribution in [3.05, 3.63) is 11.6 Å². The molecule has 1 atom stereocenters.